The van der Waals surface area contributed by atoms with Crippen molar-refractivity contribution < 1.29 is 4.79 Å². The Morgan fingerprint density at radius 2 is 2.24 bits per heavy atom. The Hall–Kier alpha value is -1.16. The van der Waals surface area contributed by atoms with Crippen LogP contribution in [0.1, 0.15) is 44.0 Å². The number of carbonyl (C=O) groups excluding carboxylic acids is 1. The van der Waals surface area contributed by atoms with Gasteiger partial charge in [0.1, 0.15) is 0 Å². The molecule has 0 radical (unpaired) electrons. The largest absolute Gasteiger partial charge is 0.381 e. The van der Waals surface area contributed by atoms with E-state index in [0.29, 0.717) is 11.5 Å². The van der Waals surface area contributed by atoms with Crippen LogP contribution in [0.4, 0.5) is 5.69 Å². The predicted molar refractivity (Wildman–Crippen MR) is 92.2 cm³/mol. The first-order valence-corrected chi connectivity index (χ1v) is 8.91. The molecular formula is C17H26N2OS. The lowest BCUT2D eigenvalue weighted by Crippen LogP contribution is -2.41. The van der Waals surface area contributed by atoms with E-state index in [9.17, 15) is 4.79 Å². The van der Waals surface area contributed by atoms with Crippen LogP contribution in [-0.4, -0.2) is 30.0 Å². The fourth-order valence-corrected chi connectivity index (χ4v) is 4.07. The third kappa shape index (κ3) is 4.40. The summed E-state index contributed by atoms with van der Waals surface area (Å²) >= 11 is 2.00. The van der Waals surface area contributed by atoms with Crippen molar-refractivity contribution in [2.45, 2.75) is 39.7 Å². The van der Waals surface area contributed by atoms with Crippen molar-refractivity contribution in [3.05, 3.63) is 29.8 Å². The van der Waals surface area contributed by atoms with Crippen molar-refractivity contribution in [2.75, 3.05) is 23.4 Å². The normalized spacial score (nSPS) is 20.8. The highest BCUT2D eigenvalue weighted by molar-refractivity contribution is 7.99. The quantitative estimate of drug-likeness (QED) is 0.870. The molecule has 1 aliphatic rings. The average Bonchev–Trinajstić information content (AvgIpc) is 2.47. The molecule has 1 amide bonds. The maximum atomic E-state index is 12.0. The Balaban J connectivity index is 2.05. The second-order valence-electron chi connectivity index (χ2n) is 6.35. The summed E-state index contributed by atoms with van der Waals surface area (Å²) in [7, 11) is 0. The molecule has 1 atom stereocenters. The van der Waals surface area contributed by atoms with Gasteiger partial charge in [0.25, 0.3) is 5.91 Å². The van der Waals surface area contributed by atoms with Crippen molar-refractivity contribution in [3.63, 3.8) is 0 Å². The van der Waals surface area contributed by atoms with E-state index in [0.717, 1.165) is 30.0 Å². The molecule has 0 spiro atoms. The Kier molecular flexibility index (Phi) is 5.57. The van der Waals surface area contributed by atoms with Crippen LogP contribution >= 0.6 is 11.8 Å². The van der Waals surface area contributed by atoms with Gasteiger partial charge in [0.05, 0.1) is 0 Å². The molecule has 1 aromatic rings. The zero-order valence-corrected chi connectivity index (χ0v) is 14.1. The van der Waals surface area contributed by atoms with Gasteiger partial charge in [0.2, 0.25) is 0 Å². The minimum atomic E-state index is 0.0118. The first-order chi connectivity index (χ1) is 10.0. The van der Waals surface area contributed by atoms with Gasteiger partial charge < -0.3 is 10.6 Å². The third-order valence-corrected chi connectivity index (χ3v) is 5.18. The van der Waals surface area contributed by atoms with Crippen LogP contribution in [0.25, 0.3) is 0 Å². The van der Waals surface area contributed by atoms with Crippen LogP contribution in [0.2, 0.25) is 0 Å². The second-order valence-corrected chi connectivity index (χ2v) is 7.50. The topological polar surface area (TPSA) is 41.1 Å². The van der Waals surface area contributed by atoms with Crippen molar-refractivity contribution >= 4 is 23.4 Å². The first kappa shape index (κ1) is 16.2. The van der Waals surface area contributed by atoms with E-state index >= 15 is 0 Å². The maximum absolute atomic E-state index is 12.0. The summed E-state index contributed by atoms with van der Waals surface area (Å²) in [5.41, 5.74) is 2.07. The molecule has 116 valence electrons. The Morgan fingerprint density at radius 1 is 1.43 bits per heavy atom. The molecule has 2 rings (SSSR count). The number of hydrogen-bond acceptors (Lipinski definition) is 3. The molecule has 1 unspecified atom stereocenters. The first-order valence-electron chi connectivity index (χ1n) is 7.75. The molecule has 2 N–H and O–H groups in total. The van der Waals surface area contributed by atoms with Gasteiger partial charge in [-0.05, 0) is 42.2 Å². The number of hydrogen-bond donors (Lipinski definition) is 2. The number of rotatable bonds is 5. The van der Waals surface area contributed by atoms with Gasteiger partial charge in [-0.15, -0.1) is 0 Å². The van der Waals surface area contributed by atoms with E-state index in [-0.39, 0.29) is 5.91 Å². The van der Waals surface area contributed by atoms with Crippen LogP contribution in [0.3, 0.4) is 0 Å². The fourth-order valence-electron chi connectivity index (χ4n) is 2.47. The summed E-state index contributed by atoms with van der Waals surface area (Å²) in [6.45, 7) is 7.42. The minimum absolute atomic E-state index is 0.0118. The monoisotopic (exact) mass is 306 g/mol. The van der Waals surface area contributed by atoms with E-state index in [1.807, 2.05) is 36.0 Å². The van der Waals surface area contributed by atoms with Gasteiger partial charge in [-0.3, -0.25) is 4.79 Å². The average molecular weight is 306 g/mol. The van der Waals surface area contributed by atoms with Crippen molar-refractivity contribution in [3.8, 4) is 0 Å². The molecule has 0 aromatic heterocycles. The van der Waals surface area contributed by atoms with E-state index in [2.05, 4.69) is 31.4 Å². The summed E-state index contributed by atoms with van der Waals surface area (Å²) < 4.78 is 0. The summed E-state index contributed by atoms with van der Waals surface area (Å²) in [5.74, 6) is 2.38. The number of benzene rings is 1. The summed E-state index contributed by atoms with van der Waals surface area (Å²) in [5, 5.41) is 6.55. The number of thioether (sulfide) groups is 1. The summed E-state index contributed by atoms with van der Waals surface area (Å²) in [4.78, 5) is 12.0. The van der Waals surface area contributed by atoms with Crippen LogP contribution in [-0.2, 0) is 0 Å². The molecule has 1 aliphatic heterocycles. The predicted octanol–water partition coefficient (Wildman–Crippen LogP) is 3.77. The lowest BCUT2D eigenvalue weighted by molar-refractivity contribution is 0.0953. The molecule has 1 heterocycles. The molecule has 4 heteroatoms. The molecule has 21 heavy (non-hydrogen) atoms. The van der Waals surface area contributed by atoms with Crippen LogP contribution in [0.15, 0.2) is 24.3 Å². The van der Waals surface area contributed by atoms with Gasteiger partial charge in [-0.2, -0.15) is 11.8 Å². The van der Waals surface area contributed by atoms with Crippen LogP contribution in [0, 0.1) is 5.41 Å². The van der Waals surface area contributed by atoms with E-state index in [4.69, 9.17) is 0 Å². The zero-order chi connectivity index (χ0) is 15.3. The Labute approximate surface area is 132 Å². The highest BCUT2D eigenvalue weighted by Crippen LogP contribution is 2.36. The van der Waals surface area contributed by atoms with E-state index in [1.165, 1.54) is 12.2 Å². The zero-order valence-electron chi connectivity index (χ0n) is 13.2. The van der Waals surface area contributed by atoms with Crippen LogP contribution in [0.5, 0.6) is 0 Å². The summed E-state index contributed by atoms with van der Waals surface area (Å²) in [6, 6.07) is 8.28. The van der Waals surface area contributed by atoms with Gasteiger partial charge in [0, 0.05) is 29.6 Å². The maximum Gasteiger partial charge on any atom is 0.251 e. The van der Waals surface area contributed by atoms with Gasteiger partial charge >= 0.3 is 0 Å². The van der Waals surface area contributed by atoms with Crippen LogP contribution < -0.4 is 10.6 Å². The fraction of sp³-hybridized carbons (Fsp3) is 0.588. The third-order valence-electron chi connectivity index (χ3n) is 4.12. The molecule has 0 bridgehead atoms. The van der Waals surface area contributed by atoms with Crippen molar-refractivity contribution in [1.82, 2.24) is 5.32 Å². The molecular weight excluding hydrogens is 280 g/mol. The molecule has 0 aliphatic carbocycles. The lowest BCUT2D eigenvalue weighted by Gasteiger charge is -2.39. The number of nitrogens with one attached hydrogen (secondary N) is 2. The van der Waals surface area contributed by atoms with Crippen molar-refractivity contribution in [1.29, 1.82) is 0 Å². The van der Waals surface area contributed by atoms with Crippen molar-refractivity contribution in [2.24, 2.45) is 5.41 Å². The number of anilines is 1. The SMILES string of the molecule is CCCNC(=O)c1cccc(NC2CSCCC2(C)C)c1. The Morgan fingerprint density at radius 3 is 2.95 bits per heavy atom. The van der Waals surface area contributed by atoms with E-state index in [1.54, 1.807) is 0 Å². The molecule has 0 saturated carbocycles. The molecule has 1 fully saturated rings. The smallest absolute Gasteiger partial charge is 0.251 e. The molecule has 1 saturated heterocycles. The molecule has 1 aromatic carbocycles. The van der Waals surface area contributed by atoms with Gasteiger partial charge in [0.15, 0.2) is 0 Å². The molecule has 3 nitrogen and oxygen atoms in total. The highest BCUT2D eigenvalue weighted by Gasteiger charge is 2.32. The van der Waals surface area contributed by atoms with Gasteiger partial charge in [-0.25, -0.2) is 0 Å². The standard InChI is InChI=1S/C17H26N2OS/c1-4-9-18-16(20)13-6-5-7-14(11-13)19-15-12-21-10-8-17(15,2)3/h5-7,11,15,19H,4,8-10,12H2,1-3H3,(H,18,20). The Bertz CT molecular complexity index is 487. The minimum Gasteiger partial charge on any atom is -0.381 e. The highest BCUT2D eigenvalue weighted by atomic mass is 32.2. The number of carbonyl (C=O) groups is 1. The van der Waals surface area contributed by atoms with Gasteiger partial charge in [-0.1, -0.05) is 26.8 Å². The second kappa shape index (κ2) is 7.21. The van der Waals surface area contributed by atoms with E-state index < -0.39 is 0 Å². The lowest BCUT2D eigenvalue weighted by atomic mass is 9.82. The summed E-state index contributed by atoms with van der Waals surface area (Å²) in [6.07, 6.45) is 2.18. The number of amides is 1.